The Morgan fingerprint density at radius 3 is 2.40 bits per heavy atom. The van der Waals surface area contributed by atoms with Crippen LogP contribution in [0.2, 0.25) is 0 Å². The zero-order valence-electron chi connectivity index (χ0n) is 5.79. The number of aryl methyl sites for hydroxylation is 1. The molecule has 0 bridgehead atoms. The van der Waals surface area contributed by atoms with Crippen LogP contribution in [-0.4, -0.2) is 0 Å². The fourth-order valence-corrected chi connectivity index (χ4v) is 1.08. The molecule has 0 spiro atoms. The summed E-state index contributed by atoms with van der Waals surface area (Å²) in [7, 11) is 0. The van der Waals surface area contributed by atoms with E-state index in [9.17, 15) is 0 Å². The van der Waals surface area contributed by atoms with E-state index in [2.05, 4.69) is 24.3 Å². The summed E-state index contributed by atoms with van der Waals surface area (Å²) in [5, 5.41) is 2.52. The molecule has 0 atom stereocenters. The quantitative estimate of drug-likeness (QED) is 0.436. The van der Waals surface area contributed by atoms with Gasteiger partial charge in [-0.05, 0) is 36.1 Å². The first kappa shape index (κ1) is 7.24. The molecule has 0 aromatic heterocycles. The standard InChI is InChI=1S/C9H8S/c1-3-10-9-6-4-8(2)5-7-9/h1,4-7H,2H3. The van der Waals surface area contributed by atoms with E-state index < -0.39 is 0 Å². The number of hydrogen-bond donors (Lipinski definition) is 0. The van der Waals surface area contributed by atoms with Crippen LogP contribution in [0.4, 0.5) is 0 Å². The zero-order chi connectivity index (χ0) is 7.40. The summed E-state index contributed by atoms with van der Waals surface area (Å²) in [6.07, 6.45) is 5.11. The van der Waals surface area contributed by atoms with Crippen molar-refractivity contribution in [2.75, 3.05) is 0 Å². The Bertz CT molecular complexity index is 240. The molecule has 0 saturated heterocycles. The maximum atomic E-state index is 5.11. The third-order valence-electron chi connectivity index (χ3n) is 1.20. The monoisotopic (exact) mass is 148 g/mol. The molecule has 1 heteroatoms. The number of terminal acetylenes is 1. The van der Waals surface area contributed by atoms with Gasteiger partial charge in [0.15, 0.2) is 0 Å². The SMILES string of the molecule is C#CSc1ccc(C)cc1. The summed E-state index contributed by atoms with van der Waals surface area (Å²) in [5.41, 5.74) is 1.27. The summed E-state index contributed by atoms with van der Waals surface area (Å²) >= 11 is 1.41. The van der Waals surface area contributed by atoms with Crippen LogP contribution in [-0.2, 0) is 0 Å². The van der Waals surface area contributed by atoms with Crippen molar-refractivity contribution in [1.82, 2.24) is 0 Å². The maximum Gasteiger partial charge on any atom is 0.0203 e. The summed E-state index contributed by atoms with van der Waals surface area (Å²) in [6, 6.07) is 8.17. The van der Waals surface area contributed by atoms with Crippen LogP contribution in [0.15, 0.2) is 29.2 Å². The fraction of sp³-hybridized carbons (Fsp3) is 0.111. The summed E-state index contributed by atoms with van der Waals surface area (Å²) in [5.74, 6) is 0. The first-order valence-electron chi connectivity index (χ1n) is 3.02. The molecule has 1 aromatic rings. The second kappa shape index (κ2) is 3.34. The third-order valence-corrected chi connectivity index (χ3v) is 1.82. The summed E-state index contributed by atoms with van der Waals surface area (Å²) in [6.45, 7) is 2.06. The molecule has 0 fully saturated rings. The van der Waals surface area contributed by atoms with Gasteiger partial charge in [-0.25, -0.2) is 0 Å². The Morgan fingerprint density at radius 1 is 1.30 bits per heavy atom. The molecule has 1 rings (SSSR count). The van der Waals surface area contributed by atoms with Gasteiger partial charge in [0.05, 0.1) is 0 Å². The minimum Gasteiger partial charge on any atom is -0.108 e. The van der Waals surface area contributed by atoms with Gasteiger partial charge in [0, 0.05) is 4.90 Å². The van der Waals surface area contributed by atoms with Crippen molar-refractivity contribution in [2.45, 2.75) is 11.8 Å². The zero-order valence-corrected chi connectivity index (χ0v) is 6.61. The lowest BCUT2D eigenvalue weighted by Gasteiger charge is -1.93. The van der Waals surface area contributed by atoms with E-state index >= 15 is 0 Å². The molecule has 0 heterocycles. The largest absolute Gasteiger partial charge is 0.108 e. The normalized spacial score (nSPS) is 8.80. The van der Waals surface area contributed by atoms with E-state index in [1.54, 1.807) is 0 Å². The van der Waals surface area contributed by atoms with Gasteiger partial charge in [-0.3, -0.25) is 0 Å². The smallest absolute Gasteiger partial charge is 0.0203 e. The predicted octanol–water partition coefficient (Wildman–Crippen LogP) is 2.68. The molecule has 0 amide bonds. The molecular formula is C9H8S. The van der Waals surface area contributed by atoms with E-state index in [4.69, 9.17) is 6.42 Å². The van der Waals surface area contributed by atoms with Crippen molar-refractivity contribution >= 4 is 11.8 Å². The van der Waals surface area contributed by atoms with Gasteiger partial charge >= 0.3 is 0 Å². The van der Waals surface area contributed by atoms with Gasteiger partial charge in [0.25, 0.3) is 0 Å². The highest BCUT2D eigenvalue weighted by Crippen LogP contribution is 2.15. The number of hydrogen-bond acceptors (Lipinski definition) is 1. The lowest BCUT2D eigenvalue weighted by atomic mass is 10.2. The van der Waals surface area contributed by atoms with Crippen molar-refractivity contribution in [1.29, 1.82) is 0 Å². The molecule has 10 heavy (non-hydrogen) atoms. The van der Waals surface area contributed by atoms with Gasteiger partial charge in [-0.2, -0.15) is 0 Å². The van der Waals surface area contributed by atoms with E-state index in [-0.39, 0.29) is 0 Å². The van der Waals surface area contributed by atoms with Crippen molar-refractivity contribution in [3.05, 3.63) is 29.8 Å². The molecule has 1 aromatic carbocycles. The summed E-state index contributed by atoms with van der Waals surface area (Å²) < 4.78 is 0. The average Bonchev–Trinajstić information content (AvgIpc) is 1.95. The van der Waals surface area contributed by atoms with E-state index in [0.29, 0.717) is 0 Å². The molecule has 0 unspecified atom stereocenters. The molecular weight excluding hydrogens is 140 g/mol. The Labute approximate surface area is 65.6 Å². The van der Waals surface area contributed by atoms with Gasteiger partial charge in [-0.15, -0.1) is 6.42 Å². The van der Waals surface area contributed by atoms with Gasteiger partial charge in [0.2, 0.25) is 0 Å². The lowest BCUT2D eigenvalue weighted by molar-refractivity contribution is 1.38. The molecule has 0 saturated carbocycles. The van der Waals surface area contributed by atoms with E-state index in [1.807, 2.05) is 12.1 Å². The molecule has 0 aliphatic carbocycles. The summed E-state index contributed by atoms with van der Waals surface area (Å²) in [4.78, 5) is 1.13. The van der Waals surface area contributed by atoms with Gasteiger partial charge < -0.3 is 0 Å². The van der Waals surface area contributed by atoms with Crippen LogP contribution in [0, 0.1) is 18.6 Å². The van der Waals surface area contributed by atoms with Gasteiger partial charge in [-0.1, -0.05) is 17.7 Å². The van der Waals surface area contributed by atoms with Gasteiger partial charge in [0.1, 0.15) is 0 Å². The average molecular weight is 148 g/mol. The topological polar surface area (TPSA) is 0 Å². The Kier molecular flexibility index (Phi) is 2.42. The first-order chi connectivity index (χ1) is 4.83. The van der Waals surface area contributed by atoms with Crippen molar-refractivity contribution < 1.29 is 0 Å². The Hall–Kier alpha value is -0.870. The van der Waals surface area contributed by atoms with Crippen LogP contribution < -0.4 is 0 Å². The minimum absolute atomic E-state index is 1.13. The van der Waals surface area contributed by atoms with Crippen LogP contribution in [0.3, 0.4) is 0 Å². The Morgan fingerprint density at radius 2 is 1.90 bits per heavy atom. The number of rotatable bonds is 1. The highest BCUT2D eigenvalue weighted by atomic mass is 32.2. The second-order valence-corrected chi connectivity index (χ2v) is 2.94. The van der Waals surface area contributed by atoms with Crippen molar-refractivity contribution in [3.8, 4) is 11.7 Å². The first-order valence-corrected chi connectivity index (χ1v) is 3.83. The Balaban J connectivity index is 2.81. The van der Waals surface area contributed by atoms with Crippen LogP contribution >= 0.6 is 11.8 Å². The van der Waals surface area contributed by atoms with Crippen LogP contribution in [0.1, 0.15) is 5.56 Å². The van der Waals surface area contributed by atoms with Crippen LogP contribution in [0.5, 0.6) is 0 Å². The number of benzene rings is 1. The molecule has 0 N–H and O–H groups in total. The van der Waals surface area contributed by atoms with Crippen molar-refractivity contribution in [2.24, 2.45) is 0 Å². The fourth-order valence-electron chi connectivity index (χ4n) is 0.674. The molecule has 0 aliphatic heterocycles. The van der Waals surface area contributed by atoms with Crippen molar-refractivity contribution in [3.63, 3.8) is 0 Å². The minimum atomic E-state index is 1.13. The third kappa shape index (κ3) is 1.82. The predicted molar refractivity (Wildman–Crippen MR) is 45.9 cm³/mol. The van der Waals surface area contributed by atoms with Crippen LogP contribution in [0.25, 0.3) is 0 Å². The molecule has 0 nitrogen and oxygen atoms in total. The highest BCUT2D eigenvalue weighted by molar-refractivity contribution is 8.03. The van der Waals surface area contributed by atoms with E-state index in [0.717, 1.165) is 4.90 Å². The second-order valence-electron chi connectivity index (χ2n) is 2.03. The van der Waals surface area contributed by atoms with E-state index in [1.165, 1.54) is 17.3 Å². The maximum absolute atomic E-state index is 5.11. The molecule has 0 radical (unpaired) electrons. The lowest BCUT2D eigenvalue weighted by Crippen LogP contribution is -1.70. The molecule has 0 aliphatic rings. The number of thioether (sulfide) groups is 1. The molecule has 50 valence electrons. The highest BCUT2D eigenvalue weighted by Gasteiger charge is 1.87.